The van der Waals surface area contributed by atoms with E-state index < -0.39 is 0 Å². The molecule has 3 nitrogen and oxygen atoms in total. The SMILES string of the molecule is Cc1cnc(CCC2CCNCC2)[nH]1. The third kappa shape index (κ3) is 2.58. The van der Waals surface area contributed by atoms with Crippen molar-refractivity contribution in [1.29, 1.82) is 0 Å². The summed E-state index contributed by atoms with van der Waals surface area (Å²) in [5.74, 6) is 2.06. The van der Waals surface area contributed by atoms with E-state index >= 15 is 0 Å². The summed E-state index contributed by atoms with van der Waals surface area (Å²) in [5, 5.41) is 3.39. The second kappa shape index (κ2) is 4.60. The van der Waals surface area contributed by atoms with E-state index in [1.165, 1.54) is 38.0 Å². The maximum Gasteiger partial charge on any atom is 0.106 e. The van der Waals surface area contributed by atoms with Gasteiger partial charge in [-0.3, -0.25) is 0 Å². The Bertz CT molecular complexity index is 274. The van der Waals surface area contributed by atoms with E-state index in [4.69, 9.17) is 0 Å². The van der Waals surface area contributed by atoms with Crippen LogP contribution in [-0.2, 0) is 6.42 Å². The molecule has 1 aliphatic rings. The first-order valence-corrected chi connectivity index (χ1v) is 5.56. The second-order valence-electron chi connectivity index (χ2n) is 4.24. The summed E-state index contributed by atoms with van der Waals surface area (Å²) >= 11 is 0. The molecule has 1 aromatic heterocycles. The summed E-state index contributed by atoms with van der Waals surface area (Å²) in [7, 11) is 0. The Morgan fingerprint density at radius 2 is 2.21 bits per heavy atom. The molecule has 1 aromatic rings. The van der Waals surface area contributed by atoms with Crippen LogP contribution in [0.4, 0.5) is 0 Å². The molecule has 2 N–H and O–H groups in total. The zero-order valence-electron chi connectivity index (χ0n) is 8.84. The smallest absolute Gasteiger partial charge is 0.106 e. The Labute approximate surface area is 85.3 Å². The van der Waals surface area contributed by atoms with E-state index in [9.17, 15) is 0 Å². The number of H-pyrrole nitrogens is 1. The lowest BCUT2D eigenvalue weighted by Crippen LogP contribution is -2.27. The average molecular weight is 193 g/mol. The summed E-state index contributed by atoms with van der Waals surface area (Å²) in [4.78, 5) is 7.62. The largest absolute Gasteiger partial charge is 0.346 e. The van der Waals surface area contributed by atoms with Gasteiger partial charge in [-0.2, -0.15) is 0 Å². The van der Waals surface area contributed by atoms with E-state index in [-0.39, 0.29) is 0 Å². The summed E-state index contributed by atoms with van der Waals surface area (Å²) in [6.07, 6.45) is 6.98. The van der Waals surface area contributed by atoms with Gasteiger partial charge in [0.1, 0.15) is 5.82 Å². The summed E-state index contributed by atoms with van der Waals surface area (Å²) in [6.45, 7) is 4.45. The molecule has 0 spiro atoms. The molecule has 78 valence electrons. The van der Waals surface area contributed by atoms with Crippen LogP contribution in [0.2, 0.25) is 0 Å². The highest BCUT2D eigenvalue weighted by atomic mass is 14.9. The molecule has 0 aromatic carbocycles. The van der Waals surface area contributed by atoms with Crippen molar-refractivity contribution in [2.24, 2.45) is 5.92 Å². The minimum absolute atomic E-state index is 0.904. The third-order valence-corrected chi connectivity index (χ3v) is 3.00. The van der Waals surface area contributed by atoms with Gasteiger partial charge in [-0.05, 0) is 45.2 Å². The number of piperidine rings is 1. The summed E-state index contributed by atoms with van der Waals surface area (Å²) in [5.41, 5.74) is 1.17. The number of aromatic nitrogens is 2. The number of nitrogens with one attached hydrogen (secondary N) is 2. The van der Waals surface area contributed by atoms with Crippen molar-refractivity contribution < 1.29 is 0 Å². The summed E-state index contributed by atoms with van der Waals surface area (Å²) < 4.78 is 0. The van der Waals surface area contributed by atoms with Crippen LogP contribution in [0.25, 0.3) is 0 Å². The molecular formula is C11H19N3. The molecule has 0 aliphatic carbocycles. The average Bonchev–Trinajstić information content (AvgIpc) is 2.63. The number of imidazole rings is 1. The van der Waals surface area contributed by atoms with Crippen molar-refractivity contribution in [1.82, 2.24) is 15.3 Å². The van der Waals surface area contributed by atoms with E-state index in [0.717, 1.165) is 18.2 Å². The molecule has 2 heterocycles. The molecule has 1 aliphatic heterocycles. The van der Waals surface area contributed by atoms with Crippen LogP contribution in [0.15, 0.2) is 6.20 Å². The molecule has 0 unspecified atom stereocenters. The topological polar surface area (TPSA) is 40.7 Å². The quantitative estimate of drug-likeness (QED) is 0.766. The van der Waals surface area contributed by atoms with Crippen LogP contribution in [0.5, 0.6) is 0 Å². The predicted octanol–water partition coefficient (Wildman–Crippen LogP) is 1.65. The van der Waals surface area contributed by atoms with Crippen LogP contribution in [0, 0.1) is 12.8 Å². The fourth-order valence-electron chi connectivity index (χ4n) is 2.11. The fraction of sp³-hybridized carbons (Fsp3) is 0.727. The van der Waals surface area contributed by atoms with E-state index in [0.29, 0.717) is 0 Å². The van der Waals surface area contributed by atoms with Gasteiger partial charge in [0.05, 0.1) is 0 Å². The normalized spacial score (nSPS) is 18.6. The molecule has 0 amide bonds. The number of hydrogen-bond acceptors (Lipinski definition) is 2. The van der Waals surface area contributed by atoms with Crippen molar-refractivity contribution in [2.45, 2.75) is 32.6 Å². The van der Waals surface area contributed by atoms with Gasteiger partial charge >= 0.3 is 0 Å². The highest BCUT2D eigenvalue weighted by Crippen LogP contribution is 2.17. The van der Waals surface area contributed by atoms with Gasteiger partial charge in [0.15, 0.2) is 0 Å². The highest BCUT2D eigenvalue weighted by molar-refractivity contribution is 4.98. The third-order valence-electron chi connectivity index (χ3n) is 3.00. The number of aromatic amines is 1. The molecule has 2 rings (SSSR count). The Balaban J connectivity index is 1.76. The number of hydrogen-bond donors (Lipinski definition) is 2. The first-order chi connectivity index (χ1) is 6.84. The van der Waals surface area contributed by atoms with Crippen molar-refractivity contribution in [2.75, 3.05) is 13.1 Å². The lowest BCUT2D eigenvalue weighted by Gasteiger charge is -2.21. The van der Waals surface area contributed by atoms with Gasteiger partial charge in [-0.15, -0.1) is 0 Å². The predicted molar refractivity (Wildman–Crippen MR) is 57.2 cm³/mol. The van der Waals surface area contributed by atoms with Gasteiger partial charge < -0.3 is 10.3 Å². The lowest BCUT2D eigenvalue weighted by molar-refractivity contribution is 0.352. The molecule has 1 fully saturated rings. The molecule has 1 saturated heterocycles. The van der Waals surface area contributed by atoms with Gasteiger partial charge in [-0.1, -0.05) is 0 Å². The maximum atomic E-state index is 4.33. The standard InChI is InChI=1S/C11H19N3/c1-9-8-13-11(14-9)3-2-10-4-6-12-7-5-10/h8,10,12H,2-7H2,1H3,(H,13,14). The highest BCUT2D eigenvalue weighted by Gasteiger charge is 2.13. The number of aryl methyl sites for hydroxylation is 2. The number of rotatable bonds is 3. The molecular weight excluding hydrogens is 174 g/mol. The van der Waals surface area contributed by atoms with Crippen molar-refractivity contribution in [3.05, 3.63) is 17.7 Å². The zero-order chi connectivity index (χ0) is 9.80. The summed E-state index contributed by atoms with van der Waals surface area (Å²) in [6, 6.07) is 0. The minimum atomic E-state index is 0.904. The van der Waals surface area contributed by atoms with Gasteiger partial charge in [0, 0.05) is 18.3 Å². The number of nitrogens with zero attached hydrogens (tertiary/aromatic N) is 1. The van der Waals surface area contributed by atoms with Crippen LogP contribution >= 0.6 is 0 Å². The van der Waals surface area contributed by atoms with Crippen molar-refractivity contribution in [3.8, 4) is 0 Å². The van der Waals surface area contributed by atoms with E-state index in [1.54, 1.807) is 0 Å². The molecule has 0 bridgehead atoms. The Morgan fingerprint density at radius 3 is 2.86 bits per heavy atom. The van der Waals surface area contributed by atoms with Crippen LogP contribution in [-0.4, -0.2) is 23.1 Å². The van der Waals surface area contributed by atoms with Crippen LogP contribution < -0.4 is 5.32 Å². The van der Waals surface area contributed by atoms with Crippen LogP contribution in [0.1, 0.15) is 30.8 Å². The van der Waals surface area contributed by atoms with Crippen molar-refractivity contribution >= 4 is 0 Å². The van der Waals surface area contributed by atoms with Gasteiger partial charge in [-0.25, -0.2) is 4.98 Å². The monoisotopic (exact) mass is 193 g/mol. The maximum absolute atomic E-state index is 4.33. The molecule has 0 atom stereocenters. The van der Waals surface area contributed by atoms with E-state index in [1.807, 2.05) is 6.20 Å². The molecule has 14 heavy (non-hydrogen) atoms. The van der Waals surface area contributed by atoms with Crippen LogP contribution in [0.3, 0.4) is 0 Å². The first-order valence-electron chi connectivity index (χ1n) is 5.56. The fourth-order valence-corrected chi connectivity index (χ4v) is 2.11. The van der Waals surface area contributed by atoms with E-state index in [2.05, 4.69) is 22.2 Å². The lowest BCUT2D eigenvalue weighted by atomic mass is 9.93. The zero-order valence-corrected chi connectivity index (χ0v) is 8.84. The molecule has 0 saturated carbocycles. The Kier molecular flexibility index (Phi) is 3.19. The Hall–Kier alpha value is -0.830. The van der Waals surface area contributed by atoms with Gasteiger partial charge in [0.25, 0.3) is 0 Å². The minimum Gasteiger partial charge on any atom is -0.346 e. The second-order valence-corrected chi connectivity index (χ2v) is 4.24. The Morgan fingerprint density at radius 1 is 1.43 bits per heavy atom. The molecule has 0 radical (unpaired) electrons. The van der Waals surface area contributed by atoms with Crippen molar-refractivity contribution in [3.63, 3.8) is 0 Å². The molecule has 3 heteroatoms. The van der Waals surface area contributed by atoms with Gasteiger partial charge in [0.2, 0.25) is 0 Å². The first kappa shape index (κ1) is 9.71.